The van der Waals surface area contributed by atoms with Gasteiger partial charge in [0.25, 0.3) is 0 Å². The lowest BCUT2D eigenvalue weighted by molar-refractivity contribution is -0.133. The third kappa shape index (κ3) is 1.78. The van der Waals surface area contributed by atoms with E-state index in [0.29, 0.717) is 6.04 Å². The number of nitrogens with zero attached hydrogens (tertiary/aromatic N) is 1. The van der Waals surface area contributed by atoms with Gasteiger partial charge in [0.1, 0.15) is 0 Å². The minimum Gasteiger partial charge on any atom is -0.342 e. The molecule has 3 heteroatoms. The first-order valence-corrected chi connectivity index (χ1v) is 4.60. The van der Waals surface area contributed by atoms with Gasteiger partial charge in [0, 0.05) is 13.1 Å². The molecule has 1 aliphatic rings. The maximum atomic E-state index is 11.7. The molecule has 12 heavy (non-hydrogen) atoms. The fraction of sp³-hybridized carbons (Fsp3) is 0.889. The van der Waals surface area contributed by atoms with Crippen molar-refractivity contribution >= 4 is 5.91 Å². The van der Waals surface area contributed by atoms with Crippen molar-refractivity contribution < 1.29 is 4.79 Å². The SMILES string of the molecule is CNC1CCCC(C)N(C)C1=O. The van der Waals surface area contributed by atoms with E-state index in [1.165, 1.54) is 0 Å². The number of hydrogen-bond acceptors (Lipinski definition) is 2. The van der Waals surface area contributed by atoms with Gasteiger partial charge in [-0.2, -0.15) is 0 Å². The number of carbonyl (C=O) groups excluding carboxylic acids is 1. The number of nitrogens with one attached hydrogen (secondary N) is 1. The van der Waals surface area contributed by atoms with E-state index in [1.54, 1.807) is 0 Å². The second-order valence-electron chi connectivity index (χ2n) is 3.57. The molecule has 1 N–H and O–H groups in total. The van der Waals surface area contributed by atoms with E-state index in [9.17, 15) is 4.79 Å². The molecule has 2 atom stereocenters. The Hall–Kier alpha value is -0.570. The van der Waals surface area contributed by atoms with Crippen molar-refractivity contribution in [3.8, 4) is 0 Å². The molecule has 0 radical (unpaired) electrons. The summed E-state index contributed by atoms with van der Waals surface area (Å²) in [5.74, 6) is 0.238. The van der Waals surface area contributed by atoms with Crippen LogP contribution in [0.2, 0.25) is 0 Å². The van der Waals surface area contributed by atoms with Gasteiger partial charge in [-0.25, -0.2) is 0 Å². The second-order valence-corrected chi connectivity index (χ2v) is 3.57. The highest BCUT2D eigenvalue weighted by atomic mass is 16.2. The van der Waals surface area contributed by atoms with Crippen molar-refractivity contribution in [1.29, 1.82) is 0 Å². The first-order chi connectivity index (χ1) is 5.66. The summed E-state index contributed by atoms with van der Waals surface area (Å²) in [5.41, 5.74) is 0. The lowest BCUT2D eigenvalue weighted by atomic mass is 10.1. The Morgan fingerprint density at radius 1 is 1.50 bits per heavy atom. The van der Waals surface area contributed by atoms with E-state index in [4.69, 9.17) is 0 Å². The molecule has 1 aliphatic heterocycles. The summed E-state index contributed by atoms with van der Waals surface area (Å²) >= 11 is 0. The summed E-state index contributed by atoms with van der Waals surface area (Å²) in [4.78, 5) is 13.5. The molecule has 0 aliphatic carbocycles. The quantitative estimate of drug-likeness (QED) is 0.625. The third-order valence-electron chi connectivity index (χ3n) is 2.77. The number of amides is 1. The van der Waals surface area contributed by atoms with Gasteiger partial charge in [0.15, 0.2) is 0 Å². The lowest BCUT2D eigenvalue weighted by Gasteiger charge is -2.24. The molecule has 0 aromatic heterocycles. The maximum Gasteiger partial charge on any atom is 0.239 e. The number of likely N-dealkylation sites (tertiary alicyclic amines) is 1. The van der Waals surface area contributed by atoms with Crippen LogP contribution in [0.25, 0.3) is 0 Å². The Morgan fingerprint density at radius 2 is 2.17 bits per heavy atom. The predicted molar refractivity (Wildman–Crippen MR) is 48.9 cm³/mol. The van der Waals surface area contributed by atoms with Crippen LogP contribution in [-0.4, -0.2) is 37.0 Å². The molecular weight excluding hydrogens is 152 g/mol. The van der Waals surface area contributed by atoms with Gasteiger partial charge in [0.05, 0.1) is 6.04 Å². The van der Waals surface area contributed by atoms with Crippen LogP contribution in [0.3, 0.4) is 0 Å². The van der Waals surface area contributed by atoms with Crippen LogP contribution in [0.15, 0.2) is 0 Å². The summed E-state index contributed by atoms with van der Waals surface area (Å²) in [6, 6.07) is 0.441. The van der Waals surface area contributed by atoms with Crippen molar-refractivity contribution in [3.63, 3.8) is 0 Å². The van der Waals surface area contributed by atoms with Crippen molar-refractivity contribution in [3.05, 3.63) is 0 Å². The molecule has 1 amide bonds. The summed E-state index contributed by atoms with van der Waals surface area (Å²) in [5, 5.41) is 3.05. The van der Waals surface area contributed by atoms with Crippen LogP contribution in [0.4, 0.5) is 0 Å². The highest BCUT2D eigenvalue weighted by molar-refractivity contribution is 5.82. The monoisotopic (exact) mass is 170 g/mol. The largest absolute Gasteiger partial charge is 0.342 e. The van der Waals surface area contributed by atoms with Crippen LogP contribution in [0.5, 0.6) is 0 Å². The molecule has 2 unspecified atom stereocenters. The molecule has 0 spiro atoms. The highest BCUT2D eigenvalue weighted by Crippen LogP contribution is 2.15. The Labute approximate surface area is 74.1 Å². The molecule has 1 heterocycles. The van der Waals surface area contributed by atoms with Gasteiger partial charge >= 0.3 is 0 Å². The van der Waals surface area contributed by atoms with E-state index in [0.717, 1.165) is 19.3 Å². The van der Waals surface area contributed by atoms with Crippen LogP contribution in [0.1, 0.15) is 26.2 Å². The zero-order valence-electron chi connectivity index (χ0n) is 8.13. The second kappa shape index (κ2) is 3.90. The topological polar surface area (TPSA) is 32.3 Å². The number of hydrogen-bond donors (Lipinski definition) is 1. The number of likely N-dealkylation sites (N-methyl/N-ethyl adjacent to an activating group) is 2. The van der Waals surface area contributed by atoms with Crippen LogP contribution in [0, 0.1) is 0 Å². The average Bonchev–Trinajstić information content (AvgIpc) is 2.19. The Bertz CT molecular complexity index is 166. The minimum atomic E-state index is 0.0416. The summed E-state index contributed by atoms with van der Waals surface area (Å²) in [7, 11) is 3.75. The molecule has 70 valence electrons. The van der Waals surface area contributed by atoms with Gasteiger partial charge in [-0.15, -0.1) is 0 Å². The molecule has 1 fully saturated rings. The standard InChI is InChI=1S/C9H18N2O/c1-7-5-4-6-8(10-2)9(12)11(7)3/h7-8,10H,4-6H2,1-3H3. The van der Waals surface area contributed by atoms with Crippen LogP contribution in [-0.2, 0) is 4.79 Å². The minimum absolute atomic E-state index is 0.0416. The average molecular weight is 170 g/mol. The molecule has 0 aromatic rings. The molecule has 1 saturated heterocycles. The maximum absolute atomic E-state index is 11.7. The molecule has 1 rings (SSSR count). The van der Waals surface area contributed by atoms with E-state index >= 15 is 0 Å². The summed E-state index contributed by atoms with van der Waals surface area (Å²) in [6.07, 6.45) is 3.24. The van der Waals surface area contributed by atoms with Crippen molar-refractivity contribution in [2.24, 2.45) is 0 Å². The molecular formula is C9H18N2O. The van der Waals surface area contributed by atoms with Gasteiger partial charge in [-0.05, 0) is 33.2 Å². The van der Waals surface area contributed by atoms with Gasteiger partial charge < -0.3 is 10.2 Å². The van der Waals surface area contributed by atoms with Gasteiger partial charge in [-0.3, -0.25) is 4.79 Å². The number of rotatable bonds is 1. The summed E-state index contributed by atoms with van der Waals surface area (Å²) in [6.45, 7) is 2.11. The molecule has 0 saturated carbocycles. The van der Waals surface area contributed by atoms with Crippen molar-refractivity contribution in [2.45, 2.75) is 38.3 Å². The van der Waals surface area contributed by atoms with E-state index in [-0.39, 0.29) is 11.9 Å². The molecule has 3 nitrogen and oxygen atoms in total. The Balaban J connectivity index is 2.66. The zero-order chi connectivity index (χ0) is 9.14. The van der Waals surface area contributed by atoms with E-state index in [2.05, 4.69) is 12.2 Å². The van der Waals surface area contributed by atoms with Crippen molar-refractivity contribution in [2.75, 3.05) is 14.1 Å². The number of carbonyl (C=O) groups is 1. The Kier molecular flexibility index (Phi) is 3.09. The molecule has 0 aromatic carbocycles. The third-order valence-corrected chi connectivity index (χ3v) is 2.77. The van der Waals surface area contributed by atoms with Gasteiger partial charge in [-0.1, -0.05) is 0 Å². The van der Waals surface area contributed by atoms with Gasteiger partial charge in [0.2, 0.25) is 5.91 Å². The smallest absolute Gasteiger partial charge is 0.239 e. The fourth-order valence-electron chi connectivity index (χ4n) is 1.67. The normalized spacial score (nSPS) is 31.9. The fourth-order valence-corrected chi connectivity index (χ4v) is 1.67. The van der Waals surface area contributed by atoms with E-state index < -0.39 is 0 Å². The summed E-state index contributed by atoms with van der Waals surface area (Å²) < 4.78 is 0. The van der Waals surface area contributed by atoms with E-state index in [1.807, 2.05) is 19.0 Å². The predicted octanol–water partition coefficient (Wildman–Crippen LogP) is 0.605. The zero-order valence-corrected chi connectivity index (χ0v) is 8.13. The van der Waals surface area contributed by atoms with Crippen LogP contribution >= 0.6 is 0 Å². The first kappa shape index (κ1) is 9.52. The molecule has 0 bridgehead atoms. The Morgan fingerprint density at radius 3 is 2.75 bits per heavy atom. The highest BCUT2D eigenvalue weighted by Gasteiger charge is 2.26. The lowest BCUT2D eigenvalue weighted by Crippen LogP contribution is -2.44. The van der Waals surface area contributed by atoms with Crippen molar-refractivity contribution in [1.82, 2.24) is 10.2 Å². The van der Waals surface area contributed by atoms with Crippen LogP contribution < -0.4 is 5.32 Å². The first-order valence-electron chi connectivity index (χ1n) is 4.60.